The second-order valence-corrected chi connectivity index (χ2v) is 12.3. The molecule has 3 aromatic rings. The maximum absolute atomic E-state index is 14.5. The highest BCUT2D eigenvalue weighted by Crippen LogP contribution is 2.43. The standard InChI is InChI=1S/C30H29F4N3O4S/c31-23-10-17(28(39)40)11-24-26(23)36-29(42-24)37-12-16-7-8-19(9-18(16)13-37)41-14-21(27(38)15-5-6-15)25(35)20-3-1-2-4-22(20)30(32,33)34/h1-4,10-11,15-16,18-19,35,38H,5-9,12-14H2,(H,39,40)/b27-21-,35-25?/t16?,18-,19-/m0/s1. The van der Waals surface area contributed by atoms with E-state index in [4.69, 9.17) is 10.1 Å². The lowest BCUT2D eigenvalue weighted by Gasteiger charge is -2.31. The van der Waals surface area contributed by atoms with Gasteiger partial charge in [0.2, 0.25) is 0 Å². The Kier molecular flexibility index (Phi) is 7.46. The van der Waals surface area contributed by atoms with Gasteiger partial charge in [-0.15, -0.1) is 0 Å². The van der Waals surface area contributed by atoms with Crippen molar-refractivity contribution in [2.75, 3.05) is 24.6 Å². The van der Waals surface area contributed by atoms with Gasteiger partial charge in [-0.3, -0.25) is 5.41 Å². The number of anilines is 1. The van der Waals surface area contributed by atoms with Gasteiger partial charge >= 0.3 is 12.1 Å². The molecular weight excluding hydrogens is 574 g/mol. The number of nitrogens with zero attached hydrogens (tertiary/aromatic N) is 2. The first-order chi connectivity index (χ1) is 20.0. The van der Waals surface area contributed by atoms with Crippen molar-refractivity contribution in [3.63, 3.8) is 0 Å². The Balaban J connectivity index is 1.14. The zero-order chi connectivity index (χ0) is 29.8. The van der Waals surface area contributed by atoms with Gasteiger partial charge in [-0.2, -0.15) is 13.2 Å². The van der Waals surface area contributed by atoms with Crippen molar-refractivity contribution < 1.29 is 37.3 Å². The molecule has 7 nitrogen and oxygen atoms in total. The molecule has 222 valence electrons. The normalized spacial score (nSPS) is 23.1. The van der Waals surface area contributed by atoms with E-state index in [0.29, 0.717) is 28.7 Å². The average molecular weight is 604 g/mol. The third-order valence-electron chi connectivity index (χ3n) is 8.50. The van der Waals surface area contributed by atoms with Gasteiger partial charge in [-0.1, -0.05) is 29.5 Å². The summed E-state index contributed by atoms with van der Waals surface area (Å²) in [6.07, 6.45) is -1.09. The number of halogens is 4. The van der Waals surface area contributed by atoms with E-state index in [1.807, 2.05) is 0 Å². The number of carboxylic acid groups (broad SMARTS) is 1. The molecule has 2 aliphatic carbocycles. The Morgan fingerprint density at radius 2 is 1.83 bits per heavy atom. The van der Waals surface area contributed by atoms with Crippen LogP contribution in [0.25, 0.3) is 10.2 Å². The van der Waals surface area contributed by atoms with Crippen LogP contribution in [0.1, 0.15) is 53.6 Å². The molecule has 12 heteroatoms. The van der Waals surface area contributed by atoms with Gasteiger partial charge in [0.05, 0.1) is 34.2 Å². The van der Waals surface area contributed by atoms with E-state index in [0.717, 1.165) is 44.4 Å². The molecule has 2 heterocycles. The first-order valence-corrected chi connectivity index (χ1v) is 14.7. The van der Waals surface area contributed by atoms with Crippen LogP contribution in [-0.4, -0.2) is 52.7 Å². The van der Waals surface area contributed by atoms with E-state index in [9.17, 15) is 32.6 Å². The molecule has 2 saturated carbocycles. The van der Waals surface area contributed by atoms with Crippen LogP contribution in [-0.2, 0) is 10.9 Å². The number of hydrogen-bond donors (Lipinski definition) is 3. The number of aromatic nitrogens is 1. The number of allylic oxidation sites excluding steroid dienone is 1. The topological polar surface area (TPSA) is 107 Å². The highest BCUT2D eigenvalue weighted by Gasteiger charge is 2.40. The summed E-state index contributed by atoms with van der Waals surface area (Å²) in [4.78, 5) is 17.9. The fourth-order valence-electron chi connectivity index (χ4n) is 6.12. The van der Waals surface area contributed by atoms with Crippen molar-refractivity contribution >= 4 is 38.4 Å². The minimum absolute atomic E-state index is 0.0631. The Hall–Kier alpha value is -3.51. The second-order valence-electron chi connectivity index (χ2n) is 11.3. The SMILES string of the molecule is N=C(/C(CO[C@H]1CCC2CN(c3nc4c(F)cc(C(=O)O)cc4s3)C[C@@H]2C1)=C(\O)C1CC1)c1ccccc1C(F)(F)F. The molecule has 6 rings (SSSR count). The zero-order valence-corrected chi connectivity index (χ0v) is 23.3. The fraction of sp³-hybridized carbons (Fsp3) is 0.433. The lowest BCUT2D eigenvalue weighted by molar-refractivity contribution is -0.137. The molecule has 1 saturated heterocycles. The number of aromatic carboxylic acids is 1. The summed E-state index contributed by atoms with van der Waals surface area (Å²) in [5, 5.41) is 29.4. The molecule has 3 fully saturated rings. The molecular formula is C30H29F4N3O4S. The summed E-state index contributed by atoms with van der Waals surface area (Å²) in [7, 11) is 0. The molecule has 42 heavy (non-hydrogen) atoms. The van der Waals surface area contributed by atoms with Crippen molar-refractivity contribution in [3.05, 3.63) is 70.2 Å². The smallest absolute Gasteiger partial charge is 0.417 e. The number of alkyl halides is 3. The summed E-state index contributed by atoms with van der Waals surface area (Å²) in [5.41, 5.74) is -1.45. The minimum atomic E-state index is -4.63. The van der Waals surface area contributed by atoms with Crippen LogP contribution >= 0.6 is 11.3 Å². The van der Waals surface area contributed by atoms with Crippen molar-refractivity contribution in [1.29, 1.82) is 5.41 Å². The van der Waals surface area contributed by atoms with Crippen molar-refractivity contribution in [3.8, 4) is 0 Å². The summed E-state index contributed by atoms with van der Waals surface area (Å²) >= 11 is 1.26. The number of benzene rings is 2. The number of aliphatic hydroxyl groups is 1. The maximum atomic E-state index is 14.5. The number of fused-ring (bicyclic) bond motifs is 2. The summed E-state index contributed by atoms with van der Waals surface area (Å²) < 4.78 is 62.2. The summed E-state index contributed by atoms with van der Waals surface area (Å²) in [6.45, 7) is 1.25. The third kappa shape index (κ3) is 5.61. The molecule has 1 aliphatic heterocycles. The van der Waals surface area contributed by atoms with Gasteiger partial charge in [-0.05, 0) is 62.1 Å². The molecule has 1 unspecified atom stereocenters. The Labute approximate surface area is 242 Å². The van der Waals surface area contributed by atoms with E-state index >= 15 is 0 Å². The van der Waals surface area contributed by atoms with Crippen LogP contribution in [0.5, 0.6) is 0 Å². The van der Waals surface area contributed by atoms with Crippen LogP contribution < -0.4 is 4.90 Å². The molecule has 0 amide bonds. The molecule has 0 spiro atoms. The number of thiazole rings is 1. The quantitative estimate of drug-likeness (QED) is 0.145. The predicted molar refractivity (Wildman–Crippen MR) is 150 cm³/mol. The predicted octanol–water partition coefficient (Wildman–Crippen LogP) is 7.06. The van der Waals surface area contributed by atoms with Crippen LogP contribution in [0.3, 0.4) is 0 Å². The van der Waals surface area contributed by atoms with Gasteiger partial charge in [0.25, 0.3) is 0 Å². The number of aliphatic hydroxyl groups excluding tert-OH is 1. The van der Waals surface area contributed by atoms with Crippen molar-refractivity contribution in [2.45, 2.75) is 44.4 Å². The highest BCUT2D eigenvalue weighted by molar-refractivity contribution is 7.22. The molecule has 2 aromatic carbocycles. The van der Waals surface area contributed by atoms with Gasteiger partial charge < -0.3 is 19.8 Å². The van der Waals surface area contributed by atoms with E-state index in [2.05, 4.69) is 9.88 Å². The third-order valence-corrected chi connectivity index (χ3v) is 9.56. The Morgan fingerprint density at radius 1 is 1.10 bits per heavy atom. The zero-order valence-electron chi connectivity index (χ0n) is 22.5. The molecule has 1 aromatic heterocycles. The number of carbonyl (C=O) groups is 1. The summed E-state index contributed by atoms with van der Waals surface area (Å²) in [5.74, 6) is -1.47. The number of nitrogens with one attached hydrogen (secondary N) is 1. The average Bonchev–Trinajstić information content (AvgIpc) is 3.57. The van der Waals surface area contributed by atoms with Crippen LogP contribution in [0.2, 0.25) is 0 Å². The number of rotatable bonds is 8. The Bertz CT molecular complexity index is 1580. The first kappa shape index (κ1) is 28.6. The van der Waals surface area contributed by atoms with Crippen molar-refractivity contribution in [1.82, 2.24) is 4.98 Å². The Morgan fingerprint density at radius 3 is 2.55 bits per heavy atom. The van der Waals surface area contributed by atoms with Crippen molar-refractivity contribution in [2.24, 2.45) is 17.8 Å². The molecule has 3 N–H and O–H groups in total. The largest absolute Gasteiger partial charge is 0.512 e. The minimum Gasteiger partial charge on any atom is -0.512 e. The number of ether oxygens (including phenoxy) is 1. The van der Waals surface area contributed by atoms with E-state index in [1.165, 1.54) is 35.6 Å². The van der Waals surface area contributed by atoms with Crippen LogP contribution in [0.4, 0.5) is 22.7 Å². The highest BCUT2D eigenvalue weighted by atomic mass is 32.1. The molecule has 3 aliphatic rings. The number of carboxylic acids is 1. The fourth-order valence-corrected chi connectivity index (χ4v) is 7.16. The molecule has 0 bridgehead atoms. The lowest BCUT2D eigenvalue weighted by Crippen LogP contribution is -2.30. The second kappa shape index (κ2) is 11.0. The van der Waals surface area contributed by atoms with Gasteiger partial charge in [0.15, 0.2) is 10.9 Å². The van der Waals surface area contributed by atoms with Gasteiger partial charge in [-0.25, -0.2) is 14.2 Å². The molecule has 3 atom stereocenters. The summed E-state index contributed by atoms with van der Waals surface area (Å²) in [6, 6.07) is 7.33. The van der Waals surface area contributed by atoms with E-state index in [-0.39, 0.29) is 58.2 Å². The van der Waals surface area contributed by atoms with Gasteiger partial charge in [0.1, 0.15) is 11.3 Å². The number of hydrogen-bond acceptors (Lipinski definition) is 7. The lowest BCUT2D eigenvalue weighted by atomic mass is 9.80. The van der Waals surface area contributed by atoms with E-state index < -0.39 is 23.5 Å². The molecule has 0 radical (unpaired) electrons. The first-order valence-electron chi connectivity index (χ1n) is 13.9. The van der Waals surface area contributed by atoms with Crippen LogP contribution in [0, 0.1) is 29.0 Å². The monoisotopic (exact) mass is 603 g/mol. The van der Waals surface area contributed by atoms with E-state index in [1.54, 1.807) is 0 Å². The maximum Gasteiger partial charge on any atom is 0.417 e. The van der Waals surface area contributed by atoms with Crippen LogP contribution in [0.15, 0.2) is 47.7 Å². The van der Waals surface area contributed by atoms with Gasteiger partial charge in [0, 0.05) is 30.1 Å².